The van der Waals surface area contributed by atoms with Gasteiger partial charge in [-0.1, -0.05) is 11.6 Å². The highest BCUT2D eigenvalue weighted by Crippen LogP contribution is 2.25. The maximum absolute atomic E-state index is 6.16. The first-order valence-electron chi connectivity index (χ1n) is 5.93. The topological polar surface area (TPSA) is 56.1 Å². The molecule has 0 atom stereocenters. The molecule has 0 N–H and O–H groups in total. The molecule has 0 radical (unpaired) electrons. The first-order chi connectivity index (χ1) is 9.13. The lowest BCUT2D eigenvalue weighted by Crippen LogP contribution is -2.23. The molecule has 2 rings (SSSR count). The van der Waals surface area contributed by atoms with Crippen LogP contribution in [0.25, 0.3) is 0 Å². The predicted octanol–water partition coefficient (Wildman–Crippen LogP) is 1.90. The van der Waals surface area contributed by atoms with E-state index in [1.807, 2.05) is 31.3 Å². The van der Waals surface area contributed by atoms with Crippen molar-refractivity contribution in [1.82, 2.24) is 19.7 Å². The molecular formula is C12H16ClN5O. The summed E-state index contributed by atoms with van der Waals surface area (Å²) < 4.78 is 6.80. The first kappa shape index (κ1) is 13.6. The molecule has 0 bridgehead atoms. The highest BCUT2D eigenvalue weighted by molar-refractivity contribution is 6.32. The van der Waals surface area contributed by atoms with Gasteiger partial charge in [0.1, 0.15) is 5.02 Å². The van der Waals surface area contributed by atoms with Gasteiger partial charge in [-0.25, -0.2) is 4.98 Å². The van der Waals surface area contributed by atoms with E-state index in [0.717, 1.165) is 12.1 Å². The Kier molecular flexibility index (Phi) is 4.21. The zero-order valence-electron chi connectivity index (χ0n) is 11.2. The molecule has 6 nitrogen and oxygen atoms in total. The molecule has 0 amide bonds. The van der Waals surface area contributed by atoms with E-state index in [2.05, 4.69) is 15.1 Å². The van der Waals surface area contributed by atoms with E-state index in [4.69, 9.17) is 16.3 Å². The second kappa shape index (κ2) is 5.88. The van der Waals surface area contributed by atoms with Crippen LogP contribution in [0.15, 0.2) is 18.6 Å². The van der Waals surface area contributed by atoms with Crippen molar-refractivity contribution in [2.45, 2.75) is 13.5 Å². The summed E-state index contributed by atoms with van der Waals surface area (Å²) in [4.78, 5) is 10.3. The van der Waals surface area contributed by atoms with E-state index in [-0.39, 0.29) is 0 Å². The zero-order valence-corrected chi connectivity index (χ0v) is 11.9. The van der Waals surface area contributed by atoms with E-state index >= 15 is 0 Å². The van der Waals surface area contributed by atoms with Gasteiger partial charge in [0.05, 0.1) is 19.5 Å². The number of nitrogens with zero attached hydrogens (tertiary/aromatic N) is 5. The van der Waals surface area contributed by atoms with Crippen LogP contribution in [0.2, 0.25) is 5.02 Å². The van der Waals surface area contributed by atoms with Crippen molar-refractivity contribution in [3.8, 4) is 6.01 Å². The van der Waals surface area contributed by atoms with Crippen LogP contribution in [-0.2, 0) is 13.6 Å². The molecule has 7 heteroatoms. The fourth-order valence-electron chi connectivity index (χ4n) is 1.77. The summed E-state index contributed by atoms with van der Waals surface area (Å²) in [5.41, 5.74) is 1.10. The van der Waals surface area contributed by atoms with Crippen LogP contribution in [-0.4, -0.2) is 33.4 Å². The number of halogens is 1. The number of hydrogen-bond acceptors (Lipinski definition) is 5. The van der Waals surface area contributed by atoms with Gasteiger partial charge in [-0.05, 0) is 6.92 Å². The predicted molar refractivity (Wildman–Crippen MR) is 73.5 cm³/mol. The van der Waals surface area contributed by atoms with Crippen molar-refractivity contribution in [2.24, 2.45) is 7.05 Å². The van der Waals surface area contributed by atoms with Gasteiger partial charge in [0.2, 0.25) is 0 Å². The SMILES string of the molecule is CCN(Cc1cnn(C)c1)c1nc(OC)ncc1Cl. The fraction of sp³-hybridized carbons (Fsp3) is 0.417. The largest absolute Gasteiger partial charge is 0.467 e. The summed E-state index contributed by atoms with van der Waals surface area (Å²) >= 11 is 6.16. The summed E-state index contributed by atoms with van der Waals surface area (Å²) in [7, 11) is 3.42. The Morgan fingerprint density at radius 2 is 2.21 bits per heavy atom. The molecule has 0 aliphatic rings. The minimum Gasteiger partial charge on any atom is -0.467 e. The van der Waals surface area contributed by atoms with E-state index in [1.54, 1.807) is 10.9 Å². The molecule has 2 aromatic rings. The van der Waals surface area contributed by atoms with Crippen molar-refractivity contribution in [3.63, 3.8) is 0 Å². The summed E-state index contributed by atoms with van der Waals surface area (Å²) in [5, 5.41) is 4.66. The lowest BCUT2D eigenvalue weighted by Gasteiger charge is -2.22. The number of aromatic nitrogens is 4. The van der Waals surface area contributed by atoms with Gasteiger partial charge in [0.25, 0.3) is 0 Å². The van der Waals surface area contributed by atoms with Crippen LogP contribution < -0.4 is 9.64 Å². The van der Waals surface area contributed by atoms with Crippen LogP contribution >= 0.6 is 11.6 Å². The lowest BCUT2D eigenvalue weighted by molar-refractivity contribution is 0.379. The van der Waals surface area contributed by atoms with Crippen molar-refractivity contribution >= 4 is 17.4 Å². The smallest absolute Gasteiger partial charge is 0.318 e. The highest BCUT2D eigenvalue weighted by atomic mass is 35.5. The minimum atomic E-state index is 0.309. The Morgan fingerprint density at radius 1 is 1.42 bits per heavy atom. The van der Waals surface area contributed by atoms with Crippen LogP contribution in [0.3, 0.4) is 0 Å². The van der Waals surface area contributed by atoms with Crippen LogP contribution in [0.4, 0.5) is 5.82 Å². The van der Waals surface area contributed by atoms with Crippen LogP contribution in [0, 0.1) is 0 Å². The van der Waals surface area contributed by atoms with E-state index in [0.29, 0.717) is 23.4 Å². The van der Waals surface area contributed by atoms with Gasteiger partial charge in [-0.3, -0.25) is 4.68 Å². The summed E-state index contributed by atoms with van der Waals surface area (Å²) in [6.45, 7) is 3.50. The van der Waals surface area contributed by atoms with Crippen molar-refractivity contribution in [1.29, 1.82) is 0 Å². The first-order valence-corrected chi connectivity index (χ1v) is 6.30. The molecule has 0 aliphatic carbocycles. The van der Waals surface area contributed by atoms with Crippen molar-refractivity contribution in [2.75, 3.05) is 18.6 Å². The molecule has 0 saturated heterocycles. The Hall–Kier alpha value is -1.82. The molecular weight excluding hydrogens is 266 g/mol. The molecule has 102 valence electrons. The normalized spacial score (nSPS) is 10.5. The number of methoxy groups -OCH3 is 1. The minimum absolute atomic E-state index is 0.309. The molecule has 19 heavy (non-hydrogen) atoms. The van der Waals surface area contributed by atoms with Gasteiger partial charge < -0.3 is 9.64 Å². The molecule has 2 aromatic heterocycles. The number of rotatable bonds is 5. The molecule has 2 heterocycles. The third-order valence-corrected chi connectivity index (χ3v) is 2.97. The van der Waals surface area contributed by atoms with Gasteiger partial charge in [0, 0.05) is 31.9 Å². The average molecular weight is 282 g/mol. The average Bonchev–Trinajstić information content (AvgIpc) is 2.82. The van der Waals surface area contributed by atoms with Gasteiger partial charge in [-0.15, -0.1) is 0 Å². The third-order valence-electron chi connectivity index (χ3n) is 2.70. The van der Waals surface area contributed by atoms with Crippen LogP contribution in [0.1, 0.15) is 12.5 Å². The Morgan fingerprint density at radius 3 is 2.79 bits per heavy atom. The molecule has 0 spiro atoms. The zero-order chi connectivity index (χ0) is 13.8. The molecule has 0 aromatic carbocycles. The maximum Gasteiger partial charge on any atom is 0.318 e. The highest BCUT2D eigenvalue weighted by Gasteiger charge is 2.14. The van der Waals surface area contributed by atoms with E-state index in [1.165, 1.54) is 7.11 Å². The molecule has 0 fully saturated rings. The number of aryl methyl sites for hydroxylation is 1. The summed E-state index contributed by atoms with van der Waals surface area (Å²) in [6.07, 6.45) is 5.35. The number of hydrogen-bond donors (Lipinski definition) is 0. The standard InChI is InChI=1S/C12H16ClN5O/c1-4-18(8-9-5-15-17(2)7-9)11-10(13)6-14-12(16-11)19-3/h5-7H,4,8H2,1-3H3. The fourth-order valence-corrected chi connectivity index (χ4v) is 1.98. The Bertz CT molecular complexity index is 557. The van der Waals surface area contributed by atoms with Crippen molar-refractivity contribution in [3.05, 3.63) is 29.2 Å². The molecule has 0 unspecified atom stereocenters. The monoisotopic (exact) mass is 281 g/mol. The van der Waals surface area contributed by atoms with E-state index in [9.17, 15) is 0 Å². The second-order valence-electron chi connectivity index (χ2n) is 4.06. The summed E-state index contributed by atoms with van der Waals surface area (Å²) in [6, 6.07) is 0.309. The molecule has 0 aliphatic heterocycles. The quantitative estimate of drug-likeness (QED) is 0.838. The van der Waals surface area contributed by atoms with Crippen molar-refractivity contribution < 1.29 is 4.74 Å². The third kappa shape index (κ3) is 3.14. The molecule has 0 saturated carbocycles. The van der Waals surface area contributed by atoms with Gasteiger partial charge in [0.15, 0.2) is 5.82 Å². The number of anilines is 1. The second-order valence-corrected chi connectivity index (χ2v) is 4.47. The summed E-state index contributed by atoms with van der Waals surface area (Å²) in [5.74, 6) is 0.667. The number of ether oxygens (including phenoxy) is 1. The van der Waals surface area contributed by atoms with E-state index < -0.39 is 0 Å². The van der Waals surface area contributed by atoms with Crippen LogP contribution in [0.5, 0.6) is 6.01 Å². The van der Waals surface area contributed by atoms with Gasteiger partial charge in [-0.2, -0.15) is 10.1 Å². The Balaban J connectivity index is 2.26. The lowest BCUT2D eigenvalue weighted by atomic mass is 10.3. The van der Waals surface area contributed by atoms with Gasteiger partial charge >= 0.3 is 6.01 Å². The maximum atomic E-state index is 6.16. The Labute approximate surface area is 117 Å².